The summed E-state index contributed by atoms with van der Waals surface area (Å²) < 4.78 is 9.59. The van der Waals surface area contributed by atoms with E-state index < -0.39 is 42.6 Å². The van der Waals surface area contributed by atoms with E-state index in [0.29, 0.717) is 0 Å². The van der Waals surface area contributed by atoms with Crippen molar-refractivity contribution in [2.75, 3.05) is 7.11 Å². The number of ketones is 1. The quantitative estimate of drug-likeness (QED) is 0.408. The average molecular weight is 248 g/mol. The van der Waals surface area contributed by atoms with Crippen molar-refractivity contribution in [3.05, 3.63) is 12.7 Å². The van der Waals surface area contributed by atoms with Crippen molar-refractivity contribution >= 4 is 5.78 Å². The van der Waals surface area contributed by atoms with E-state index in [9.17, 15) is 25.2 Å². The van der Waals surface area contributed by atoms with E-state index in [1.165, 1.54) is 7.11 Å². The normalized spacial score (nSPS) is 39.7. The molecule has 1 heterocycles. The van der Waals surface area contributed by atoms with Crippen molar-refractivity contribution in [1.82, 2.24) is 0 Å². The van der Waals surface area contributed by atoms with Crippen molar-refractivity contribution < 1.29 is 34.7 Å². The maximum Gasteiger partial charge on any atom is 0.186 e. The van der Waals surface area contributed by atoms with Gasteiger partial charge in [0.1, 0.15) is 30.5 Å². The van der Waals surface area contributed by atoms with Crippen LogP contribution in [0.2, 0.25) is 0 Å². The van der Waals surface area contributed by atoms with Gasteiger partial charge < -0.3 is 29.9 Å². The average Bonchev–Trinajstić information content (AvgIpc) is 2.32. The van der Waals surface area contributed by atoms with Gasteiger partial charge in [-0.05, 0) is 6.08 Å². The first-order valence-corrected chi connectivity index (χ1v) is 5.00. The van der Waals surface area contributed by atoms with Crippen LogP contribution in [0.3, 0.4) is 0 Å². The van der Waals surface area contributed by atoms with Crippen LogP contribution in [0.5, 0.6) is 0 Å². The molecule has 0 radical (unpaired) electrons. The van der Waals surface area contributed by atoms with E-state index in [-0.39, 0.29) is 0 Å². The minimum absolute atomic E-state index is 0.774. The zero-order chi connectivity index (χ0) is 13.2. The highest BCUT2D eigenvalue weighted by molar-refractivity contribution is 5.93. The Morgan fingerprint density at radius 1 is 1.41 bits per heavy atom. The molecule has 1 aliphatic heterocycles. The number of hydrogen-bond donors (Lipinski definition) is 4. The van der Waals surface area contributed by atoms with Crippen LogP contribution in [-0.4, -0.2) is 70.1 Å². The summed E-state index contributed by atoms with van der Waals surface area (Å²) in [7, 11) is 1.22. The molecule has 7 heteroatoms. The van der Waals surface area contributed by atoms with Crippen LogP contribution in [0.25, 0.3) is 0 Å². The largest absolute Gasteiger partial charge is 0.387 e. The topological polar surface area (TPSA) is 116 Å². The van der Waals surface area contributed by atoms with Crippen LogP contribution in [0.15, 0.2) is 12.7 Å². The van der Waals surface area contributed by atoms with Gasteiger partial charge in [0.25, 0.3) is 0 Å². The van der Waals surface area contributed by atoms with Crippen molar-refractivity contribution in [2.24, 2.45) is 0 Å². The molecular weight excluding hydrogens is 232 g/mol. The van der Waals surface area contributed by atoms with Gasteiger partial charge in [-0.1, -0.05) is 6.58 Å². The number of aliphatic hydroxyl groups is 4. The van der Waals surface area contributed by atoms with Gasteiger partial charge in [-0.15, -0.1) is 0 Å². The summed E-state index contributed by atoms with van der Waals surface area (Å²) in [4.78, 5) is 11.2. The van der Waals surface area contributed by atoms with E-state index in [0.717, 1.165) is 6.08 Å². The zero-order valence-electron chi connectivity index (χ0n) is 9.26. The monoisotopic (exact) mass is 248 g/mol. The fraction of sp³-hybridized carbons (Fsp3) is 0.700. The minimum Gasteiger partial charge on any atom is -0.387 e. The Morgan fingerprint density at radius 2 is 2.00 bits per heavy atom. The predicted octanol–water partition coefficient (Wildman–Crippen LogP) is -2.44. The van der Waals surface area contributed by atoms with Crippen molar-refractivity contribution in [1.29, 1.82) is 0 Å². The summed E-state index contributed by atoms with van der Waals surface area (Å²) in [5.74, 6) is -0.774. The van der Waals surface area contributed by atoms with E-state index >= 15 is 0 Å². The van der Waals surface area contributed by atoms with Crippen LogP contribution in [-0.2, 0) is 14.3 Å². The number of hydrogen-bond acceptors (Lipinski definition) is 7. The second-order valence-corrected chi connectivity index (χ2v) is 3.72. The maximum atomic E-state index is 11.2. The molecule has 4 N–H and O–H groups in total. The number of methoxy groups -OCH3 is 1. The minimum atomic E-state index is -1.70. The van der Waals surface area contributed by atoms with E-state index in [2.05, 4.69) is 6.58 Å². The van der Waals surface area contributed by atoms with Crippen molar-refractivity contribution in [2.45, 2.75) is 36.8 Å². The summed E-state index contributed by atoms with van der Waals surface area (Å²) in [6, 6.07) is 0. The van der Waals surface area contributed by atoms with Gasteiger partial charge in [-0.25, -0.2) is 0 Å². The fourth-order valence-electron chi connectivity index (χ4n) is 1.68. The van der Waals surface area contributed by atoms with Crippen LogP contribution < -0.4 is 0 Å². The molecule has 0 aromatic heterocycles. The standard InChI is InChI=1S/C10H16O7/c1-3-4(11)5(12)8-6(13)7(14)9(16-2)10(15)17-8/h3,5-10,12-15H,1H2,2H3/t5?,6-,7+,8-,9-,10+/m1/s1. The Balaban J connectivity index is 2.83. The first-order chi connectivity index (χ1) is 7.93. The lowest BCUT2D eigenvalue weighted by Gasteiger charge is -2.41. The second kappa shape index (κ2) is 5.67. The molecule has 0 aliphatic carbocycles. The lowest BCUT2D eigenvalue weighted by molar-refractivity contribution is -0.298. The van der Waals surface area contributed by atoms with E-state index in [4.69, 9.17) is 9.47 Å². The Morgan fingerprint density at radius 3 is 2.47 bits per heavy atom. The molecule has 0 amide bonds. The Hall–Kier alpha value is -0.830. The van der Waals surface area contributed by atoms with Gasteiger partial charge in [0.15, 0.2) is 12.1 Å². The number of aliphatic hydroxyl groups excluding tert-OH is 4. The molecule has 7 nitrogen and oxygen atoms in total. The Labute approximate surface area is 97.9 Å². The molecule has 0 spiro atoms. The predicted molar refractivity (Wildman–Crippen MR) is 54.9 cm³/mol. The third-order valence-corrected chi connectivity index (χ3v) is 2.68. The summed E-state index contributed by atoms with van der Waals surface area (Å²) in [5.41, 5.74) is 0. The summed E-state index contributed by atoms with van der Waals surface area (Å²) in [6.45, 7) is 3.17. The highest BCUT2D eigenvalue weighted by atomic mass is 16.7. The fourth-order valence-corrected chi connectivity index (χ4v) is 1.68. The number of rotatable bonds is 4. The van der Waals surface area contributed by atoms with Crippen molar-refractivity contribution in [3.8, 4) is 0 Å². The van der Waals surface area contributed by atoms with E-state index in [1.54, 1.807) is 0 Å². The zero-order valence-corrected chi connectivity index (χ0v) is 9.26. The Kier molecular flexibility index (Phi) is 4.75. The van der Waals surface area contributed by atoms with Crippen LogP contribution in [0.1, 0.15) is 0 Å². The molecule has 0 bridgehead atoms. The van der Waals surface area contributed by atoms with Gasteiger partial charge in [0, 0.05) is 7.11 Å². The molecule has 0 aromatic rings. The smallest absolute Gasteiger partial charge is 0.186 e. The summed E-state index contributed by atoms with van der Waals surface area (Å²) in [5, 5.41) is 38.3. The number of carbonyl (C=O) groups excluding carboxylic acids is 1. The van der Waals surface area contributed by atoms with Crippen LogP contribution in [0.4, 0.5) is 0 Å². The summed E-state index contributed by atoms with van der Waals surface area (Å²) >= 11 is 0. The van der Waals surface area contributed by atoms with Crippen molar-refractivity contribution in [3.63, 3.8) is 0 Å². The van der Waals surface area contributed by atoms with Crippen LogP contribution >= 0.6 is 0 Å². The highest BCUT2D eigenvalue weighted by Crippen LogP contribution is 2.24. The molecule has 1 rings (SSSR count). The molecule has 98 valence electrons. The molecule has 1 unspecified atom stereocenters. The summed E-state index contributed by atoms with van der Waals surface area (Å²) in [6.07, 6.45) is -7.99. The maximum absolute atomic E-state index is 11.2. The highest BCUT2D eigenvalue weighted by Gasteiger charge is 2.47. The SMILES string of the molecule is C=CC(=O)C(O)[C@H]1O[C@H](O)[C@H](OC)[C@@H](O)[C@H]1O. The van der Waals surface area contributed by atoms with E-state index in [1.807, 2.05) is 0 Å². The number of ether oxygens (including phenoxy) is 2. The molecule has 0 saturated carbocycles. The molecular formula is C10H16O7. The Bertz CT molecular complexity index is 292. The van der Waals surface area contributed by atoms with Crippen LogP contribution in [0, 0.1) is 0 Å². The first-order valence-electron chi connectivity index (χ1n) is 5.00. The van der Waals surface area contributed by atoms with Gasteiger partial charge in [-0.3, -0.25) is 4.79 Å². The lowest BCUT2D eigenvalue weighted by atomic mass is 9.93. The molecule has 1 fully saturated rings. The van der Waals surface area contributed by atoms with Gasteiger partial charge in [-0.2, -0.15) is 0 Å². The molecule has 17 heavy (non-hydrogen) atoms. The lowest BCUT2D eigenvalue weighted by Crippen LogP contribution is -2.62. The molecule has 1 saturated heterocycles. The third kappa shape index (κ3) is 2.71. The molecule has 0 aromatic carbocycles. The molecule has 1 aliphatic rings. The van der Waals surface area contributed by atoms with Gasteiger partial charge in [0.2, 0.25) is 0 Å². The van der Waals surface area contributed by atoms with Gasteiger partial charge >= 0.3 is 0 Å². The van der Waals surface area contributed by atoms with Gasteiger partial charge in [0.05, 0.1) is 0 Å². The number of carbonyl (C=O) groups is 1. The first kappa shape index (κ1) is 14.2. The second-order valence-electron chi connectivity index (χ2n) is 3.72. The molecule has 6 atom stereocenters. The third-order valence-electron chi connectivity index (χ3n) is 2.68.